The lowest BCUT2D eigenvalue weighted by molar-refractivity contribution is -0.138. The second-order valence-corrected chi connectivity index (χ2v) is 4.64. The summed E-state index contributed by atoms with van der Waals surface area (Å²) in [5.41, 5.74) is 5.22. The number of nitrogens with zero attached hydrogens (tertiary/aromatic N) is 1. The number of likely N-dealkylation sites (tertiary alicyclic amines) is 1. The minimum atomic E-state index is -0.771. The molecule has 0 saturated carbocycles. The third-order valence-electron chi connectivity index (χ3n) is 3.11. The average Bonchev–Trinajstić information content (AvgIpc) is 2.63. The Hall–Kier alpha value is -0.610. The number of aliphatic hydroxyl groups is 1. The van der Waals surface area contributed by atoms with Gasteiger partial charge in [-0.2, -0.15) is 0 Å². The maximum Gasteiger partial charge on any atom is 0.242 e. The zero-order chi connectivity index (χ0) is 11.5. The van der Waals surface area contributed by atoms with Gasteiger partial charge in [0.2, 0.25) is 5.91 Å². The van der Waals surface area contributed by atoms with Crippen LogP contribution in [0.15, 0.2) is 0 Å². The molecule has 1 unspecified atom stereocenters. The van der Waals surface area contributed by atoms with Gasteiger partial charge >= 0.3 is 0 Å². The molecule has 1 rings (SSSR count). The van der Waals surface area contributed by atoms with E-state index in [4.69, 9.17) is 10.8 Å². The fraction of sp³-hybridized carbons (Fsp3) is 0.909. The molecule has 0 aromatic heterocycles. The second-order valence-electron chi connectivity index (χ2n) is 4.64. The molecule has 4 heteroatoms. The van der Waals surface area contributed by atoms with E-state index < -0.39 is 5.54 Å². The number of nitrogens with two attached hydrogens (primary N) is 1. The van der Waals surface area contributed by atoms with Crippen LogP contribution in [0.2, 0.25) is 0 Å². The van der Waals surface area contributed by atoms with Gasteiger partial charge in [0.15, 0.2) is 0 Å². The van der Waals surface area contributed by atoms with Gasteiger partial charge in [0.1, 0.15) is 0 Å². The topological polar surface area (TPSA) is 66.6 Å². The Labute approximate surface area is 91.4 Å². The highest BCUT2D eigenvalue weighted by molar-refractivity contribution is 5.86. The van der Waals surface area contributed by atoms with Crippen LogP contribution in [0.5, 0.6) is 0 Å². The van der Waals surface area contributed by atoms with Crippen LogP contribution in [-0.4, -0.2) is 40.6 Å². The van der Waals surface area contributed by atoms with E-state index in [1.807, 2.05) is 6.92 Å². The van der Waals surface area contributed by atoms with Gasteiger partial charge < -0.3 is 15.7 Å². The number of hydrogen-bond acceptors (Lipinski definition) is 3. The Bertz CT molecular complexity index is 229. The van der Waals surface area contributed by atoms with Gasteiger partial charge in [-0.05, 0) is 26.2 Å². The van der Waals surface area contributed by atoms with Gasteiger partial charge in [-0.3, -0.25) is 4.79 Å². The molecule has 3 N–H and O–H groups in total. The van der Waals surface area contributed by atoms with Crippen LogP contribution >= 0.6 is 0 Å². The smallest absolute Gasteiger partial charge is 0.242 e. The van der Waals surface area contributed by atoms with Gasteiger partial charge in [-0.15, -0.1) is 0 Å². The summed E-state index contributed by atoms with van der Waals surface area (Å²) >= 11 is 0. The van der Waals surface area contributed by atoms with Crippen molar-refractivity contribution in [2.75, 3.05) is 13.2 Å². The summed E-state index contributed by atoms with van der Waals surface area (Å²) in [6.07, 6.45) is 3.46. The molecular weight excluding hydrogens is 192 g/mol. The van der Waals surface area contributed by atoms with Crippen molar-refractivity contribution in [2.24, 2.45) is 5.73 Å². The lowest BCUT2D eigenvalue weighted by atomic mass is 9.95. The molecule has 2 atom stereocenters. The van der Waals surface area contributed by atoms with E-state index in [9.17, 15) is 4.79 Å². The van der Waals surface area contributed by atoms with Crippen LogP contribution in [0.3, 0.4) is 0 Å². The fourth-order valence-corrected chi connectivity index (χ4v) is 2.25. The molecule has 0 spiro atoms. The summed E-state index contributed by atoms with van der Waals surface area (Å²) in [6, 6.07) is -0.0165. The minimum absolute atomic E-state index is 0.0131. The lowest BCUT2D eigenvalue weighted by Crippen LogP contribution is -2.55. The standard InChI is InChI=1S/C11H22N2O2/c1-3-6-11(2,12)10(15)13-7-4-5-9(13)8-14/h9,14H,3-8,12H2,1-2H3/t9-,11?/m0/s1. The zero-order valence-corrected chi connectivity index (χ0v) is 9.70. The van der Waals surface area contributed by atoms with Crippen LogP contribution < -0.4 is 5.73 Å². The molecular formula is C11H22N2O2. The Kier molecular flexibility index (Phi) is 4.11. The van der Waals surface area contributed by atoms with Gasteiger partial charge in [0, 0.05) is 6.54 Å². The number of rotatable bonds is 4. The summed E-state index contributed by atoms with van der Waals surface area (Å²) in [4.78, 5) is 13.9. The second kappa shape index (κ2) is 4.94. The number of amides is 1. The van der Waals surface area contributed by atoms with E-state index in [2.05, 4.69) is 0 Å². The van der Waals surface area contributed by atoms with E-state index in [0.29, 0.717) is 6.42 Å². The molecule has 0 aromatic carbocycles. The maximum absolute atomic E-state index is 12.1. The molecule has 1 fully saturated rings. The molecule has 15 heavy (non-hydrogen) atoms. The predicted molar refractivity (Wildman–Crippen MR) is 59.3 cm³/mol. The van der Waals surface area contributed by atoms with E-state index in [-0.39, 0.29) is 18.6 Å². The third-order valence-corrected chi connectivity index (χ3v) is 3.11. The molecule has 0 bridgehead atoms. The molecule has 1 heterocycles. The first-order chi connectivity index (χ1) is 7.03. The predicted octanol–water partition coefficient (Wildman–Crippen LogP) is 0.487. The normalized spacial score (nSPS) is 25.3. The number of aliphatic hydroxyl groups excluding tert-OH is 1. The highest BCUT2D eigenvalue weighted by Gasteiger charge is 2.37. The van der Waals surface area contributed by atoms with Crippen molar-refractivity contribution in [3.8, 4) is 0 Å². The van der Waals surface area contributed by atoms with Gasteiger partial charge in [-0.1, -0.05) is 13.3 Å². The molecule has 1 saturated heterocycles. The number of hydrogen-bond donors (Lipinski definition) is 2. The average molecular weight is 214 g/mol. The minimum Gasteiger partial charge on any atom is -0.394 e. The summed E-state index contributed by atoms with van der Waals surface area (Å²) < 4.78 is 0. The largest absolute Gasteiger partial charge is 0.394 e. The van der Waals surface area contributed by atoms with Crippen molar-refractivity contribution in [3.63, 3.8) is 0 Å². The summed E-state index contributed by atoms with van der Waals surface area (Å²) in [5, 5.41) is 9.15. The van der Waals surface area contributed by atoms with Crippen molar-refractivity contribution in [1.82, 2.24) is 4.90 Å². The van der Waals surface area contributed by atoms with Crippen LogP contribution in [-0.2, 0) is 4.79 Å². The summed E-state index contributed by atoms with van der Waals surface area (Å²) in [5.74, 6) is -0.0131. The quantitative estimate of drug-likeness (QED) is 0.715. The van der Waals surface area contributed by atoms with Crippen molar-refractivity contribution in [2.45, 2.75) is 51.1 Å². The zero-order valence-electron chi connectivity index (χ0n) is 9.70. The van der Waals surface area contributed by atoms with Crippen molar-refractivity contribution in [3.05, 3.63) is 0 Å². The Morgan fingerprint density at radius 3 is 2.87 bits per heavy atom. The molecule has 1 aliphatic heterocycles. The molecule has 1 aliphatic rings. The van der Waals surface area contributed by atoms with Crippen molar-refractivity contribution >= 4 is 5.91 Å². The van der Waals surface area contributed by atoms with Gasteiger partial charge in [0.25, 0.3) is 0 Å². The van der Waals surface area contributed by atoms with Crippen LogP contribution in [0.25, 0.3) is 0 Å². The monoisotopic (exact) mass is 214 g/mol. The van der Waals surface area contributed by atoms with Crippen LogP contribution in [0.4, 0.5) is 0 Å². The molecule has 0 aromatic rings. The summed E-state index contributed by atoms with van der Waals surface area (Å²) in [7, 11) is 0. The summed E-state index contributed by atoms with van der Waals surface area (Å²) in [6.45, 7) is 4.59. The fourth-order valence-electron chi connectivity index (χ4n) is 2.25. The molecule has 0 aliphatic carbocycles. The first kappa shape index (κ1) is 12.5. The maximum atomic E-state index is 12.1. The Morgan fingerprint density at radius 1 is 1.67 bits per heavy atom. The van der Waals surface area contributed by atoms with E-state index in [1.165, 1.54) is 0 Å². The Morgan fingerprint density at radius 2 is 2.33 bits per heavy atom. The first-order valence-electron chi connectivity index (χ1n) is 5.73. The van der Waals surface area contributed by atoms with Gasteiger partial charge in [-0.25, -0.2) is 0 Å². The van der Waals surface area contributed by atoms with E-state index in [0.717, 1.165) is 25.8 Å². The first-order valence-corrected chi connectivity index (χ1v) is 5.73. The van der Waals surface area contributed by atoms with E-state index >= 15 is 0 Å². The molecule has 1 amide bonds. The van der Waals surface area contributed by atoms with Crippen LogP contribution in [0, 0.1) is 0 Å². The lowest BCUT2D eigenvalue weighted by Gasteiger charge is -2.32. The van der Waals surface area contributed by atoms with Crippen LogP contribution in [0.1, 0.15) is 39.5 Å². The van der Waals surface area contributed by atoms with Crippen molar-refractivity contribution < 1.29 is 9.90 Å². The third kappa shape index (κ3) is 2.69. The molecule has 88 valence electrons. The van der Waals surface area contributed by atoms with Gasteiger partial charge in [0.05, 0.1) is 18.2 Å². The highest BCUT2D eigenvalue weighted by atomic mass is 16.3. The SMILES string of the molecule is CCCC(C)(N)C(=O)N1CCC[C@H]1CO. The van der Waals surface area contributed by atoms with Crippen molar-refractivity contribution in [1.29, 1.82) is 0 Å². The number of carbonyl (C=O) groups is 1. The number of carbonyl (C=O) groups excluding carboxylic acids is 1. The molecule has 4 nitrogen and oxygen atoms in total. The highest BCUT2D eigenvalue weighted by Crippen LogP contribution is 2.22. The van der Waals surface area contributed by atoms with E-state index in [1.54, 1.807) is 11.8 Å². The molecule has 0 radical (unpaired) electrons. The Balaban J connectivity index is 2.66.